The van der Waals surface area contributed by atoms with Crippen molar-refractivity contribution in [3.63, 3.8) is 0 Å². The first-order valence-corrected chi connectivity index (χ1v) is 13.2. The molecule has 3 aromatic heterocycles. The zero-order chi connectivity index (χ0) is 27.3. The smallest absolute Gasteiger partial charge is 0.262 e. The minimum absolute atomic E-state index is 0.0777. The van der Waals surface area contributed by atoms with Gasteiger partial charge in [-0.3, -0.25) is 14.8 Å². The highest BCUT2D eigenvalue weighted by atomic mass is 32.1. The highest BCUT2D eigenvalue weighted by Gasteiger charge is 2.42. The zero-order valence-electron chi connectivity index (χ0n) is 21.4. The van der Waals surface area contributed by atoms with Crippen LogP contribution in [0.3, 0.4) is 0 Å². The molecule has 1 aliphatic rings. The molecular formula is C31H26N6O2S. The third-order valence-electron chi connectivity index (χ3n) is 6.66. The van der Waals surface area contributed by atoms with Crippen LogP contribution in [0.5, 0.6) is 5.75 Å². The van der Waals surface area contributed by atoms with Gasteiger partial charge in [-0.05, 0) is 85.0 Å². The molecule has 1 amide bonds. The van der Waals surface area contributed by atoms with E-state index in [0.717, 1.165) is 22.8 Å². The number of thiocarbonyl (C=S) groups is 1. The molecule has 0 bridgehead atoms. The molecule has 2 aromatic carbocycles. The molecule has 2 unspecified atom stereocenters. The molecule has 5 aromatic rings. The molecular weight excluding hydrogens is 520 g/mol. The summed E-state index contributed by atoms with van der Waals surface area (Å²) >= 11 is 5.88. The summed E-state index contributed by atoms with van der Waals surface area (Å²) in [5.41, 5.74) is 4.50. The number of pyridine rings is 2. The van der Waals surface area contributed by atoms with Crippen LogP contribution in [0.4, 0.5) is 11.4 Å². The number of nitrogens with one attached hydrogen (secondary N) is 2. The Bertz CT molecular complexity index is 1590. The van der Waals surface area contributed by atoms with Crippen molar-refractivity contribution >= 4 is 34.6 Å². The first-order valence-electron chi connectivity index (χ1n) is 12.8. The molecule has 198 valence electrons. The van der Waals surface area contributed by atoms with Crippen LogP contribution in [0.1, 0.15) is 23.5 Å². The lowest BCUT2D eigenvalue weighted by Crippen LogP contribution is -2.30. The summed E-state index contributed by atoms with van der Waals surface area (Å²) in [7, 11) is 0. The standard InChI is InChI=1S/C31H26N6O2S/c38-28(21-39-25-7-2-1-3-8-25)34-22-11-13-24(14-12-22)37-30(29(35-31(37)40)26-9-4-5-17-33-26)27-10-6-20-36(27)23-15-18-32-19-16-23/h1-20,29-30H,21H2,(H,34,38)(H,35,40). The van der Waals surface area contributed by atoms with Crippen LogP contribution < -0.4 is 20.3 Å². The van der Waals surface area contributed by atoms with Crippen LogP contribution in [0.25, 0.3) is 5.69 Å². The molecule has 2 atom stereocenters. The van der Waals surface area contributed by atoms with Crippen LogP contribution in [0.2, 0.25) is 0 Å². The Morgan fingerprint density at radius 3 is 2.40 bits per heavy atom. The summed E-state index contributed by atoms with van der Waals surface area (Å²) in [5.74, 6) is 0.409. The normalized spacial score (nSPS) is 16.4. The highest BCUT2D eigenvalue weighted by molar-refractivity contribution is 7.80. The number of rotatable bonds is 8. The lowest BCUT2D eigenvalue weighted by molar-refractivity contribution is -0.118. The van der Waals surface area contributed by atoms with Gasteiger partial charge in [0.05, 0.1) is 11.7 Å². The van der Waals surface area contributed by atoms with E-state index < -0.39 is 0 Å². The van der Waals surface area contributed by atoms with Crippen molar-refractivity contribution in [3.8, 4) is 11.4 Å². The molecule has 0 saturated carbocycles. The Morgan fingerprint density at radius 2 is 1.65 bits per heavy atom. The van der Waals surface area contributed by atoms with Gasteiger partial charge >= 0.3 is 0 Å². The summed E-state index contributed by atoms with van der Waals surface area (Å²) in [5, 5.41) is 6.99. The van der Waals surface area contributed by atoms with E-state index in [4.69, 9.17) is 17.0 Å². The number of hydrogen-bond acceptors (Lipinski definition) is 5. The zero-order valence-corrected chi connectivity index (χ0v) is 22.2. The van der Waals surface area contributed by atoms with E-state index in [-0.39, 0.29) is 24.6 Å². The molecule has 40 heavy (non-hydrogen) atoms. The third-order valence-corrected chi connectivity index (χ3v) is 6.98. The molecule has 9 heteroatoms. The van der Waals surface area contributed by atoms with E-state index in [1.54, 1.807) is 18.6 Å². The van der Waals surface area contributed by atoms with Crippen LogP contribution in [0.15, 0.2) is 122 Å². The SMILES string of the molecule is O=C(COc1ccccc1)Nc1ccc(N2C(=S)NC(c3ccccn3)C2c2cccn2-c2ccncc2)cc1. The van der Waals surface area contributed by atoms with Crippen molar-refractivity contribution in [3.05, 3.63) is 133 Å². The number of anilines is 2. The average molecular weight is 547 g/mol. The minimum atomic E-state index is -0.238. The Balaban J connectivity index is 1.27. The van der Waals surface area contributed by atoms with Crippen LogP contribution in [-0.2, 0) is 4.79 Å². The minimum Gasteiger partial charge on any atom is -0.484 e. The van der Waals surface area contributed by atoms with Crippen molar-refractivity contribution in [2.24, 2.45) is 0 Å². The first-order chi connectivity index (χ1) is 19.7. The van der Waals surface area contributed by atoms with E-state index in [1.807, 2.05) is 97.2 Å². The molecule has 1 fully saturated rings. The first kappa shape index (κ1) is 25.3. The molecule has 1 aliphatic heterocycles. The van der Waals surface area contributed by atoms with E-state index >= 15 is 0 Å². The van der Waals surface area contributed by atoms with E-state index in [0.29, 0.717) is 16.5 Å². The van der Waals surface area contributed by atoms with Crippen molar-refractivity contribution < 1.29 is 9.53 Å². The quantitative estimate of drug-likeness (QED) is 0.250. The van der Waals surface area contributed by atoms with Gasteiger partial charge in [0, 0.05) is 47.5 Å². The predicted molar refractivity (Wildman–Crippen MR) is 159 cm³/mol. The molecule has 8 nitrogen and oxygen atoms in total. The summed E-state index contributed by atoms with van der Waals surface area (Å²) < 4.78 is 7.70. The van der Waals surface area contributed by atoms with Gasteiger partial charge in [0.25, 0.3) is 5.91 Å². The van der Waals surface area contributed by atoms with Gasteiger partial charge in [-0.15, -0.1) is 0 Å². The molecule has 2 N–H and O–H groups in total. The van der Waals surface area contributed by atoms with Gasteiger partial charge < -0.3 is 24.8 Å². The summed E-state index contributed by atoms with van der Waals surface area (Å²) in [6, 6.07) is 30.5. The highest BCUT2D eigenvalue weighted by Crippen LogP contribution is 2.42. The number of carbonyl (C=O) groups excluding carboxylic acids is 1. The molecule has 1 saturated heterocycles. The summed E-state index contributed by atoms with van der Waals surface area (Å²) in [6.07, 6.45) is 7.39. The second-order valence-electron chi connectivity index (χ2n) is 9.20. The van der Waals surface area contributed by atoms with E-state index in [9.17, 15) is 4.79 Å². The van der Waals surface area contributed by atoms with Gasteiger partial charge in [0.2, 0.25) is 0 Å². The molecule has 6 rings (SSSR count). The van der Waals surface area contributed by atoms with Crippen molar-refractivity contribution in [1.29, 1.82) is 0 Å². The number of para-hydroxylation sites is 1. The number of amides is 1. The monoisotopic (exact) mass is 546 g/mol. The third kappa shape index (κ3) is 5.27. The second kappa shape index (κ2) is 11.4. The summed E-state index contributed by atoms with van der Waals surface area (Å²) in [6.45, 7) is -0.0777. The van der Waals surface area contributed by atoms with E-state index in [1.165, 1.54) is 0 Å². The topological polar surface area (TPSA) is 84.3 Å². The average Bonchev–Trinajstić information content (AvgIpc) is 3.62. The largest absolute Gasteiger partial charge is 0.484 e. The van der Waals surface area contributed by atoms with Crippen LogP contribution >= 0.6 is 12.2 Å². The number of ether oxygens (including phenoxy) is 1. The molecule has 0 aliphatic carbocycles. The van der Waals surface area contributed by atoms with Gasteiger partial charge in [-0.25, -0.2) is 0 Å². The second-order valence-corrected chi connectivity index (χ2v) is 9.59. The maximum Gasteiger partial charge on any atom is 0.262 e. The maximum absolute atomic E-state index is 12.5. The molecule has 0 radical (unpaired) electrons. The fourth-order valence-corrected chi connectivity index (χ4v) is 5.22. The Kier molecular flexibility index (Phi) is 7.19. The van der Waals surface area contributed by atoms with E-state index in [2.05, 4.69) is 36.1 Å². The molecule has 0 spiro atoms. The van der Waals surface area contributed by atoms with Crippen molar-refractivity contribution in [1.82, 2.24) is 19.9 Å². The van der Waals surface area contributed by atoms with Crippen molar-refractivity contribution in [2.75, 3.05) is 16.8 Å². The number of hydrogen-bond donors (Lipinski definition) is 2. The van der Waals surface area contributed by atoms with Gasteiger partial charge in [0.15, 0.2) is 11.7 Å². The Morgan fingerprint density at radius 1 is 0.875 bits per heavy atom. The Labute approximate surface area is 237 Å². The summed E-state index contributed by atoms with van der Waals surface area (Å²) in [4.78, 5) is 23.4. The fourth-order valence-electron chi connectivity index (χ4n) is 4.88. The number of aromatic nitrogens is 3. The Hall–Kier alpha value is -5.02. The number of benzene rings is 2. The van der Waals surface area contributed by atoms with Gasteiger partial charge in [-0.2, -0.15) is 0 Å². The van der Waals surface area contributed by atoms with Gasteiger partial charge in [-0.1, -0.05) is 24.3 Å². The fraction of sp³-hybridized carbons (Fsp3) is 0.0968. The predicted octanol–water partition coefficient (Wildman–Crippen LogP) is 5.46. The maximum atomic E-state index is 12.5. The van der Waals surface area contributed by atoms with Crippen LogP contribution in [0, 0.1) is 0 Å². The molecule has 4 heterocycles. The van der Waals surface area contributed by atoms with Crippen molar-refractivity contribution in [2.45, 2.75) is 12.1 Å². The number of nitrogens with zero attached hydrogens (tertiary/aromatic N) is 4. The van der Waals surface area contributed by atoms with Crippen LogP contribution in [-0.4, -0.2) is 32.2 Å². The lowest BCUT2D eigenvalue weighted by Gasteiger charge is -2.29. The number of carbonyl (C=O) groups is 1. The lowest BCUT2D eigenvalue weighted by atomic mass is 10.0. The van der Waals surface area contributed by atoms with Gasteiger partial charge in [0.1, 0.15) is 11.8 Å².